The average molecular weight is 226 g/mol. The molecule has 0 aromatic carbocycles. The maximum absolute atomic E-state index is 5.26. The number of anilines is 2. The Hall–Kier alpha value is -1.63. The molecule has 0 saturated carbocycles. The summed E-state index contributed by atoms with van der Waals surface area (Å²) in [5.41, 5.74) is 2.38. The summed E-state index contributed by atoms with van der Waals surface area (Å²) in [5, 5.41) is 3.13. The van der Waals surface area contributed by atoms with Gasteiger partial charge in [-0.1, -0.05) is 6.92 Å². The molecule has 0 aliphatic rings. The molecule has 1 atom stereocenters. The van der Waals surface area contributed by atoms with Crippen molar-refractivity contribution in [2.45, 2.75) is 33.2 Å². The van der Waals surface area contributed by atoms with Crippen LogP contribution in [0.15, 0.2) is 0 Å². The molecular formula is C9H18N6O. The zero-order valence-electron chi connectivity index (χ0n) is 9.82. The SMILES string of the molecule is CCOc1nc(NN)nc(NC(C)CC)n1. The fourth-order valence-corrected chi connectivity index (χ4v) is 1.00. The molecule has 16 heavy (non-hydrogen) atoms. The molecule has 1 rings (SSSR count). The van der Waals surface area contributed by atoms with E-state index in [0.29, 0.717) is 12.6 Å². The monoisotopic (exact) mass is 226 g/mol. The molecule has 1 unspecified atom stereocenters. The van der Waals surface area contributed by atoms with Gasteiger partial charge in [0.2, 0.25) is 11.9 Å². The zero-order chi connectivity index (χ0) is 12.0. The molecule has 0 saturated heterocycles. The average Bonchev–Trinajstić information content (AvgIpc) is 2.29. The minimum atomic E-state index is 0.260. The molecule has 7 nitrogen and oxygen atoms in total. The quantitative estimate of drug-likeness (QED) is 0.486. The van der Waals surface area contributed by atoms with Gasteiger partial charge in [-0.15, -0.1) is 0 Å². The van der Waals surface area contributed by atoms with Gasteiger partial charge in [0, 0.05) is 6.04 Å². The summed E-state index contributed by atoms with van der Waals surface area (Å²) < 4.78 is 5.21. The molecule has 4 N–H and O–H groups in total. The minimum Gasteiger partial charge on any atom is -0.464 e. The predicted molar refractivity (Wildman–Crippen MR) is 62.2 cm³/mol. The lowest BCUT2D eigenvalue weighted by Gasteiger charge is -2.12. The van der Waals surface area contributed by atoms with E-state index in [1.807, 2.05) is 13.8 Å². The fourth-order valence-electron chi connectivity index (χ4n) is 1.00. The molecule has 0 radical (unpaired) electrons. The van der Waals surface area contributed by atoms with Gasteiger partial charge in [-0.25, -0.2) is 5.84 Å². The van der Waals surface area contributed by atoms with Crippen molar-refractivity contribution in [1.29, 1.82) is 0 Å². The maximum Gasteiger partial charge on any atom is 0.323 e. The van der Waals surface area contributed by atoms with Gasteiger partial charge in [-0.3, -0.25) is 5.43 Å². The molecule has 0 aliphatic carbocycles. The van der Waals surface area contributed by atoms with Gasteiger partial charge in [0.25, 0.3) is 0 Å². The van der Waals surface area contributed by atoms with E-state index in [1.165, 1.54) is 0 Å². The second kappa shape index (κ2) is 6.06. The van der Waals surface area contributed by atoms with Gasteiger partial charge in [0.15, 0.2) is 0 Å². The first kappa shape index (κ1) is 12.4. The number of ether oxygens (including phenoxy) is 1. The number of nitrogens with one attached hydrogen (secondary N) is 2. The van der Waals surface area contributed by atoms with Crippen molar-refractivity contribution in [1.82, 2.24) is 15.0 Å². The number of nitrogens with two attached hydrogens (primary N) is 1. The predicted octanol–water partition coefficient (Wildman–Crippen LogP) is 0.766. The van der Waals surface area contributed by atoms with E-state index in [-0.39, 0.29) is 18.0 Å². The van der Waals surface area contributed by atoms with Crippen LogP contribution in [0.2, 0.25) is 0 Å². The highest BCUT2D eigenvalue weighted by Crippen LogP contribution is 2.11. The van der Waals surface area contributed by atoms with E-state index in [1.54, 1.807) is 0 Å². The Morgan fingerprint density at radius 2 is 1.94 bits per heavy atom. The Morgan fingerprint density at radius 1 is 1.25 bits per heavy atom. The van der Waals surface area contributed by atoms with E-state index >= 15 is 0 Å². The largest absolute Gasteiger partial charge is 0.464 e. The summed E-state index contributed by atoms with van der Waals surface area (Å²) in [6.07, 6.45) is 0.973. The zero-order valence-corrected chi connectivity index (χ0v) is 9.82. The number of hydrazine groups is 1. The van der Waals surface area contributed by atoms with Crippen LogP contribution in [0, 0.1) is 0 Å². The van der Waals surface area contributed by atoms with Crippen LogP contribution in [0.25, 0.3) is 0 Å². The van der Waals surface area contributed by atoms with Crippen LogP contribution < -0.4 is 21.3 Å². The summed E-state index contributed by atoms with van der Waals surface area (Å²) in [7, 11) is 0. The third-order valence-corrected chi connectivity index (χ3v) is 2.01. The normalized spacial score (nSPS) is 12.0. The molecule has 0 fully saturated rings. The summed E-state index contributed by atoms with van der Waals surface area (Å²) >= 11 is 0. The van der Waals surface area contributed by atoms with Crippen molar-refractivity contribution in [2.75, 3.05) is 17.3 Å². The van der Waals surface area contributed by atoms with Crippen molar-refractivity contribution in [3.05, 3.63) is 0 Å². The highest BCUT2D eigenvalue weighted by molar-refractivity contribution is 5.35. The van der Waals surface area contributed by atoms with Crippen LogP contribution in [0.3, 0.4) is 0 Å². The lowest BCUT2D eigenvalue weighted by Crippen LogP contribution is -2.19. The number of hydrogen-bond donors (Lipinski definition) is 3. The molecule has 1 aromatic rings. The topological polar surface area (TPSA) is 98.0 Å². The van der Waals surface area contributed by atoms with Crippen molar-refractivity contribution in [3.63, 3.8) is 0 Å². The Labute approximate surface area is 94.8 Å². The smallest absolute Gasteiger partial charge is 0.323 e. The number of rotatable bonds is 6. The maximum atomic E-state index is 5.26. The van der Waals surface area contributed by atoms with E-state index in [9.17, 15) is 0 Å². The first-order valence-corrected chi connectivity index (χ1v) is 5.31. The summed E-state index contributed by atoms with van der Waals surface area (Å²) in [4.78, 5) is 12.1. The summed E-state index contributed by atoms with van der Waals surface area (Å²) in [6, 6.07) is 0.541. The number of nitrogens with zero attached hydrogens (tertiary/aromatic N) is 3. The highest BCUT2D eigenvalue weighted by atomic mass is 16.5. The van der Waals surface area contributed by atoms with E-state index < -0.39 is 0 Å². The van der Waals surface area contributed by atoms with Crippen LogP contribution in [0.1, 0.15) is 27.2 Å². The van der Waals surface area contributed by atoms with E-state index in [4.69, 9.17) is 10.6 Å². The molecule has 90 valence electrons. The third-order valence-electron chi connectivity index (χ3n) is 2.01. The molecule has 0 aliphatic heterocycles. The Bertz CT molecular complexity index is 332. The van der Waals surface area contributed by atoms with Crippen LogP contribution in [-0.4, -0.2) is 27.6 Å². The van der Waals surface area contributed by atoms with Crippen LogP contribution >= 0.6 is 0 Å². The number of hydrogen-bond acceptors (Lipinski definition) is 7. The second-order valence-electron chi connectivity index (χ2n) is 3.30. The van der Waals surface area contributed by atoms with Gasteiger partial charge in [-0.05, 0) is 20.3 Å². The van der Waals surface area contributed by atoms with E-state index in [0.717, 1.165) is 6.42 Å². The first-order valence-electron chi connectivity index (χ1n) is 5.31. The van der Waals surface area contributed by atoms with Crippen LogP contribution in [-0.2, 0) is 0 Å². The Morgan fingerprint density at radius 3 is 2.50 bits per heavy atom. The summed E-state index contributed by atoms with van der Waals surface area (Å²) in [6.45, 7) is 6.47. The van der Waals surface area contributed by atoms with Gasteiger partial charge in [-0.2, -0.15) is 15.0 Å². The first-order chi connectivity index (χ1) is 7.69. The number of nitrogen functional groups attached to an aromatic ring is 1. The van der Waals surface area contributed by atoms with Crippen LogP contribution in [0.4, 0.5) is 11.9 Å². The molecule has 0 bridgehead atoms. The van der Waals surface area contributed by atoms with Crippen molar-refractivity contribution < 1.29 is 4.74 Å². The van der Waals surface area contributed by atoms with Crippen molar-refractivity contribution in [3.8, 4) is 6.01 Å². The van der Waals surface area contributed by atoms with E-state index in [2.05, 4.69) is 32.6 Å². The van der Waals surface area contributed by atoms with Crippen LogP contribution in [0.5, 0.6) is 6.01 Å². The molecule has 1 aromatic heterocycles. The van der Waals surface area contributed by atoms with Gasteiger partial charge < -0.3 is 10.1 Å². The Kier molecular flexibility index (Phi) is 4.71. The molecule has 0 amide bonds. The third kappa shape index (κ3) is 3.50. The summed E-state index contributed by atoms with van der Waals surface area (Å²) in [5.74, 6) is 6.00. The lowest BCUT2D eigenvalue weighted by molar-refractivity contribution is 0.312. The van der Waals surface area contributed by atoms with Crippen molar-refractivity contribution >= 4 is 11.9 Å². The van der Waals surface area contributed by atoms with Gasteiger partial charge in [0.05, 0.1) is 6.61 Å². The standard InChI is InChI=1S/C9H18N6O/c1-4-6(3)11-7-12-8(15-10)14-9(13-7)16-5-2/h6H,4-5,10H2,1-3H3,(H2,11,12,13,14,15). The lowest BCUT2D eigenvalue weighted by atomic mass is 10.3. The molecule has 1 heterocycles. The van der Waals surface area contributed by atoms with Gasteiger partial charge in [0.1, 0.15) is 0 Å². The molecule has 7 heteroatoms. The fraction of sp³-hybridized carbons (Fsp3) is 0.667. The molecule has 0 spiro atoms. The van der Waals surface area contributed by atoms with Crippen molar-refractivity contribution in [2.24, 2.45) is 5.84 Å². The Balaban J connectivity index is 2.85. The minimum absolute atomic E-state index is 0.260. The highest BCUT2D eigenvalue weighted by Gasteiger charge is 2.08. The second-order valence-corrected chi connectivity index (χ2v) is 3.30. The number of aromatic nitrogens is 3. The molecular weight excluding hydrogens is 208 g/mol. The van der Waals surface area contributed by atoms with Gasteiger partial charge >= 0.3 is 6.01 Å².